The van der Waals surface area contributed by atoms with E-state index in [-0.39, 0.29) is 22.3 Å². The van der Waals surface area contributed by atoms with E-state index in [1.54, 1.807) is 0 Å². The molecule has 0 spiro atoms. The minimum atomic E-state index is -2.04. The van der Waals surface area contributed by atoms with Crippen LogP contribution in [0.25, 0.3) is 6.08 Å². The van der Waals surface area contributed by atoms with Gasteiger partial charge in [-0.15, -0.1) is 0 Å². The average Bonchev–Trinajstić information content (AvgIpc) is 2.68. The summed E-state index contributed by atoms with van der Waals surface area (Å²) in [7, 11) is -4.04. The maximum Gasteiger partial charge on any atom is 0.193 e. The molecule has 5 heteroatoms. The second-order valence-corrected chi connectivity index (χ2v) is 21.9. The minimum Gasteiger partial charge on any atom is -0.411 e. The van der Waals surface area contributed by atoms with Gasteiger partial charge in [-0.3, -0.25) is 4.79 Å². The Labute approximate surface area is 206 Å². The molecule has 1 aromatic rings. The molecule has 2 atom stereocenters. The first kappa shape index (κ1) is 30.0. The summed E-state index contributed by atoms with van der Waals surface area (Å²) in [5, 5.41) is 0.232. The van der Waals surface area contributed by atoms with Crippen LogP contribution in [0.3, 0.4) is 0 Å². The van der Waals surface area contributed by atoms with E-state index in [1.165, 1.54) is 12.8 Å². The van der Waals surface area contributed by atoms with E-state index in [0.29, 0.717) is 5.56 Å². The van der Waals surface area contributed by atoms with Crippen LogP contribution in [0.4, 0.5) is 0 Å². The van der Waals surface area contributed by atoms with Gasteiger partial charge in [0.15, 0.2) is 22.9 Å². The first-order valence-electron chi connectivity index (χ1n) is 12.6. The zero-order valence-electron chi connectivity index (χ0n) is 23.2. The number of carbonyl (C=O) groups excluding carboxylic acids is 1. The van der Waals surface area contributed by atoms with Gasteiger partial charge in [-0.1, -0.05) is 104 Å². The molecule has 188 valence electrons. The Morgan fingerprint density at radius 3 is 1.85 bits per heavy atom. The Hall–Kier alpha value is -1.02. The number of hydrogen-bond donors (Lipinski definition) is 0. The molecule has 0 aliphatic carbocycles. The smallest absolute Gasteiger partial charge is 0.193 e. The lowest BCUT2D eigenvalue weighted by molar-refractivity contribution is 0.0563. The number of aldehydes is 1. The molecule has 1 aromatic carbocycles. The van der Waals surface area contributed by atoms with Gasteiger partial charge in [-0.2, -0.15) is 0 Å². The molecule has 1 rings (SSSR count). The Bertz CT molecular complexity index is 770. The van der Waals surface area contributed by atoms with Gasteiger partial charge in [0.2, 0.25) is 0 Å². The molecule has 33 heavy (non-hydrogen) atoms. The third kappa shape index (κ3) is 8.93. The van der Waals surface area contributed by atoms with Crippen molar-refractivity contribution in [1.29, 1.82) is 0 Å². The quantitative estimate of drug-likeness (QED) is 0.167. The van der Waals surface area contributed by atoms with Crippen LogP contribution in [-0.4, -0.2) is 35.1 Å². The van der Waals surface area contributed by atoms with Crippen LogP contribution >= 0.6 is 0 Å². The average molecular weight is 491 g/mol. The van der Waals surface area contributed by atoms with Crippen molar-refractivity contribution in [2.24, 2.45) is 0 Å². The Morgan fingerprint density at radius 2 is 1.36 bits per heavy atom. The Kier molecular flexibility index (Phi) is 11.0. The van der Waals surface area contributed by atoms with Gasteiger partial charge in [0.1, 0.15) is 0 Å². The molecule has 0 saturated heterocycles. The highest BCUT2D eigenvalue weighted by molar-refractivity contribution is 6.74. The highest BCUT2D eigenvalue weighted by Gasteiger charge is 2.44. The summed E-state index contributed by atoms with van der Waals surface area (Å²) in [5.41, 5.74) is 1.63. The molecule has 2 unspecified atom stereocenters. The molecule has 3 nitrogen and oxygen atoms in total. The molecule has 0 fully saturated rings. The van der Waals surface area contributed by atoms with E-state index >= 15 is 0 Å². The molecule has 0 radical (unpaired) electrons. The summed E-state index contributed by atoms with van der Waals surface area (Å²) in [5.74, 6) is 0. The van der Waals surface area contributed by atoms with Crippen molar-refractivity contribution in [1.82, 2.24) is 0 Å². The molecule has 0 aliphatic heterocycles. The van der Waals surface area contributed by atoms with Gasteiger partial charge < -0.3 is 8.85 Å². The highest BCUT2D eigenvalue weighted by atomic mass is 28.4. The SMILES string of the molecule is CCCCCC(O[Si](C)(C)C(C)(C)C)C(/C=C/c1ccccc1C=O)O[Si](C)(C)C(C)(C)C. The van der Waals surface area contributed by atoms with E-state index in [1.807, 2.05) is 24.3 Å². The third-order valence-electron chi connectivity index (χ3n) is 7.54. The maximum absolute atomic E-state index is 11.6. The van der Waals surface area contributed by atoms with E-state index in [2.05, 4.69) is 86.8 Å². The molecule has 0 aliphatic rings. The molecule has 0 heterocycles. The second kappa shape index (κ2) is 12.1. The number of carbonyl (C=O) groups is 1. The van der Waals surface area contributed by atoms with Crippen molar-refractivity contribution in [2.45, 2.75) is 123 Å². The monoisotopic (exact) mass is 490 g/mol. The van der Waals surface area contributed by atoms with Gasteiger partial charge in [0.05, 0.1) is 12.2 Å². The summed E-state index contributed by atoms with van der Waals surface area (Å²) < 4.78 is 14.0. The zero-order valence-corrected chi connectivity index (χ0v) is 25.2. The first-order valence-corrected chi connectivity index (χ1v) is 18.5. The van der Waals surface area contributed by atoms with Crippen molar-refractivity contribution in [3.8, 4) is 0 Å². The Morgan fingerprint density at radius 1 is 0.848 bits per heavy atom. The van der Waals surface area contributed by atoms with Gasteiger partial charge in [0.25, 0.3) is 0 Å². The topological polar surface area (TPSA) is 35.5 Å². The summed E-state index contributed by atoms with van der Waals surface area (Å²) in [4.78, 5) is 11.6. The largest absolute Gasteiger partial charge is 0.411 e. The highest BCUT2D eigenvalue weighted by Crippen LogP contribution is 2.41. The zero-order chi connectivity index (χ0) is 25.5. The van der Waals surface area contributed by atoms with Gasteiger partial charge >= 0.3 is 0 Å². The fourth-order valence-corrected chi connectivity index (χ4v) is 5.79. The second-order valence-electron chi connectivity index (χ2n) is 12.4. The fraction of sp³-hybridized carbons (Fsp3) is 0.679. The summed E-state index contributed by atoms with van der Waals surface area (Å²) >= 11 is 0. The van der Waals surface area contributed by atoms with Crippen LogP contribution in [0, 0.1) is 0 Å². The molecule has 0 bridgehead atoms. The number of hydrogen-bond acceptors (Lipinski definition) is 3. The van der Waals surface area contributed by atoms with Gasteiger partial charge in [-0.05, 0) is 48.2 Å². The third-order valence-corrected chi connectivity index (χ3v) is 16.5. The molecular weight excluding hydrogens is 440 g/mol. The summed E-state index contributed by atoms with van der Waals surface area (Å²) in [6, 6.07) is 7.73. The van der Waals surface area contributed by atoms with Crippen molar-refractivity contribution in [3.05, 3.63) is 41.5 Å². The molecule has 0 amide bonds. The summed E-state index contributed by atoms with van der Waals surface area (Å²) in [6.07, 6.45) is 9.50. The predicted molar refractivity (Wildman–Crippen MR) is 149 cm³/mol. The molecular formula is C28H50O3Si2. The van der Waals surface area contributed by atoms with Crippen LogP contribution < -0.4 is 0 Å². The fourth-order valence-electron chi connectivity index (χ4n) is 3.17. The maximum atomic E-state index is 11.6. The number of rotatable bonds is 12. The van der Waals surface area contributed by atoms with E-state index < -0.39 is 16.6 Å². The lowest BCUT2D eigenvalue weighted by Gasteiger charge is -2.44. The number of unbranched alkanes of at least 4 members (excludes halogenated alkanes) is 2. The lowest BCUT2D eigenvalue weighted by Crippen LogP contribution is -2.51. The molecule has 0 aromatic heterocycles. The van der Waals surface area contributed by atoms with E-state index in [0.717, 1.165) is 24.7 Å². The molecule has 0 N–H and O–H groups in total. The van der Waals surface area contributed by atoms with Crippen LogP contribution in [0.5, 0.6) is 0 Å². The standard InChI is InChI=1S/C28H50O3Si2/c1-12-13-14-19-25(30-32(8,9)27(2,3)4)26(31-33(10,11)28(5,6)7)21-20-23-17-15-16-18-24(23)22-29/h15-18,20-22,25-26H,12-14,19H2,1-11H3/b21-20+. The van der Waals surface area contributed by atoms with E-state index in [4.69, 9.17) is 8.85 Å². The van der Waals surface area contributed by atoms with Crippen LogP contribution in [0.2, 0.25) is 36.3 Å². The van der Waals surface area contributed by atoms with Gasteiger partial charge in [0, 0.05) is 5.56 Å². The van der Waals surface area contributed by atoms with Crippen molar-refractivity contribution < 1.29 is 13.6 Å². The van der Waals surface area contributed by atoms with Gasteiger partial charge in [-0.25, -0.2) is 0 Å². The summed E-state index contributed by atoms with van der Waals surface area (Å²) in [6.45, 7) is 25.2. The lowest BCUT2D eigenvalue weighted by atomic mass is 10.0. The minimum absolute atomic E-state index is 0.00575. The van der Waals surface area contributed by atoms with Crippen molar-refractivity contribution >= 4 is 29.0 Å². The van der Waals surface area contributed by atoms with Crippen LogP contribution in [0.1, 0.15) is 90.1 Å². The van der Waals surface area contributed by atoms with E-state index in [9.17, 15) is 4.79 Å². The predicted octanol–water partition coefficient (Wildman–Crippen LogP) is 8.87. The normalized spacial score (nSPS) is 15.6. The Balaban J connectivity index is 3.44. The van der Waals surface area contributed by atoms with Crippen LogP contribution in [0.15, 0.2) is 30.3 Å². The van der Waals surface area contributed by atoms with Crippen molar-refractivity contribution in [2.75, 3.05) is 0 Å². The van der Waals surface area contributed by atoms with Crippen LogP contribution in [-0.2, 0) is 8.85 Å². The number of benzene rings is 1. The first-order chi connectivity index (χ1) is 15.1. The van der Waals surface area contributed by atoms with Crippen molar-refractivity contribution in [3.63, 3.8) is 0 Å². The molecule has 0 saturated carbocycles.